The van der Waals surface area contributed by atoms with Gasteiger partial charge in [-0.2, -0.15) is 22.0 Å². The van der Waals surface area contributed by atoms with E-state index in [1.807, 2.05) is 0 Å². The summed E-state index contributed by atoms with van der Waals surface area (Å²) in [5.41, 5.74) is -1.25. The van der Waals surface area contributed by atoms with E-state index < -0.39 is 47.5 Å². The zero-order valence-electron chi connectivity index (χ0n) is 19.9. The molecule has 3 aromatic rings. The van der Waals surface area contributed by atoms with Gasteiger partial charge in [0.1, 0.15) is 18.0 Å². The van der Waals surface area contributed by atoms with Crippen molar-refractivity contribution < 1.29 is 41.0 Å². The first-order valence-electron chi connectivity index (χ1n) is 11.3. The molecule has 1 aromatic heterocycles. The van der Waals surface area contributed by atoms with Crippen LogP contribution in [0.15, 0.2) is 36.4 Å². The van der Waals surface area contributed by atoms with Crippen LogP contribution in [0.25, 0.3) is 5.69 Å². The Hall–Kier alpha value is -2.96. The number of aromatic nitrogens is 3. The molecule has 14 heteroatoms. The first-order valence-corrected chi connectivity index (χ1v) is 12.1. The summed E-state index contributed by atoms with van der Waals surface area (Å²) in [6.45, 7) is 3.54. The van der Waals surface area contributed by atoms with Gasteiger partial charge in [-0.1, -0.05) is 23.7 Å². The molecular formula is C24H20Cl2F5N3O4. The molecule has 1 aliphatic rings. The zero-order chi connectivity index (χ0) is 27.8. The van der Waals surface area contributed by atoms with E-state index in [1.54, 1.807) is 26.0 Å². The molecule has 0 radical (unpaired) electrons. The summed E-state index contributed by atoms with van der Waals surface area (Å²) in [6.07, 6.45) is -8.05. The van der Waals surface area contributed by atoms with Crippen molar-refractivity contribution in [2.24, 2.45) is 0 Å². The Morgan fingerprint density at radius 2 is 1.82 bits per heavy atom. The first kappa shape index (κ1) is 28.1. The van der Waals surface area contributed by atoms with Crippen LogP contribution in [0.1, 0.15) is 60.8 Å². The normalized spacial score (nSPS) is 17.4. The van der Waals surface area contributed by atoms with Crippen molar-refractivity contribution in [2.75, 3.05) is 13.2 Å². The van der Waals surface area contributed by atoms with Crippen molar-refractivity contribution in [1.29, 1.82) is 0 Å². The molecular weight excluding hydrogens is 560 g/mol. The van der Waals surface area contributed by atoms with Crippen molar-refractivity contribution in [3.8, 4) is 11.4 Å². The Kier molecular flexibility index (Phi) is 7.87. The third-order valence-corrected chi connectivity index (χ3v) is 6.21. The van der Waals surface area contributed by atoms with Crippen molar-refractivity contribution in [3.05, 3.63) is 69.8 Å². The second-order valence-corrected chi connectivity index (χ2v) is 8.95. The van der Waals surface area contributed by atoms with Gasteiger partial charge in [-0.25, -0.2) is 0 Å². The van der Waals surface area contributed by atoms with Crippen molar-refractivity contribution >= 4 is 29.2 Å². The summed E-state index contributed by atoms with van der Waals surface area (Å²) in [4.78, 5) is 12.4. The van der Waals surface area contributed by atoms with Crippen molar-refractivity contribution in [2.45, 2.75) is 44.0 Å². The van der Waals surface area contributed by atoms with E-state index in [0.29, 0.717) is 0 Å². The average molecular weight is 580 g/mol. The number of alkyl halides is 6. The third kappa shape index (κ3) is 5.43. The molecule has 0 spiro atoms. The number of halogens is 7. The Labute approximate surface area is 223 Å². The van der Waals surface area contributed by atoms with E-state index in [2.05, 4.69) is 10.2 Å². The molecule has 2 atom stereocenters. The van der Waals surface area contributed by atoms with Crippen LogP contribution in [0.3, 0.4) is 0 Å². The van der Waals surface area contributed by atoms with Gasteiger partial charge in [-0.15, -0.1) is 10.2 Å². The number of fused-ring (bicyclic) bond motifs is 3. The maximum absolute atomic E-state index is 14.4. The van der Waals surface area contributed by atoms with Crippen LogP contribution >= 0.6 is 23.2 Å². The molecule has 1 aliphatic heterocycles. The lowest BCUT2D eigenvalue weighted by Crippen LogP contribution is -2.18. The lowest BCUT2D eigenvalue weighted by molar-refractivity contribution is -0.147. The summed E-state index contributed by atoms with van der Waals surface area (Å²) in [5.74, 6) is -1.89. The van der Waals surface area contributed by atoms with Crippen LogP contribution in [0.4, 0.5) is 22.0 Å². The minimum Gasteiger partial charge on any atom is -0.492 e. The van der Waals surface area contributed by atoms with Crippen LogP contribution in [-0.4, -0.2) is 33.9 Å². The molecule has 0 unspecified atom stereocenters. The lowest BCUT2D eigenvalue weighted by atomic mass is 9.97. The summed E-state index contributed by atoms with van der Waals surface area (Å²) in [6, 6.07) is 7.06. The standard InChI is InChI=1S/C24H20Cl2F5N3O4/c1-3-36-16-7-5-6-13(19(16)25)20-14-10-12(24(29,30)31)8-9-15(14)34-21(32-33-22(34)23(26,27)28)17(38-20)11-18(35)37-4-2/h5-10,17,20H,3-4,11H2,1-2H3/t17-,20-/m1/s1. The van der Waals surface area contributed by atoms with Crippen LogP contribution in [0.5, 0.6) is 5.75 Å². The first-order chi connectivity index (χ1) is 17.9. The highest BCUT2D eigenvalue weighted by Gasteiger charge is 2.43. The highest BCUT2D eigenvalue weighted by molar-refractivity contribution is 6.33. The number of hydrogen-bond acceptors (Lipinski definition) is 6. The van der Waals surface area contributed by atoms with Gasteiger partial charge in [0.2, 0.25) is 5.82 Å². The summed E-state index contributed by atoms with van der Waals surface area (Å²) in [5, 5.41) is 3.21. The Morgan fingerprint density at radius 3 is 2.45 bits per heavy atom. The Balaban J connectivity index is 2.02. The van der Waals surface area contributed by atoms with Gasteiger partial charge in [-0.05, 0) is 49.7 Å². The van der Waals surface area contributed by atoms with Gasteiger partial charge < -0.3 is 14.2 Å². The van der Waals surface area contributed by atoms with Crippen molar-refractivity contribution in [1.82, 2.24) is 14.8 Å². The quantitative estimate of drug-likeness (QED) is 0.175. The number of nitrogens with zero attached hydrogens (tertiary/aromatic N) is 3. The van der Waals surface area contributed by atoms with E-state index >= 15 is 0 Å². The molecule has 0 saturated carbocycles. The minimum atomic E-state index is -4.78. The Morgan fingerprint density at radius 1 is 1.08 bits per heavy atom. The third-order valence-electron chi connectivity index (χ3n) is 5.64. The molecule has 7 nitrogen and oxygen atoms in total. The second-order valence-electron chi connectivity index (χ2n) is 8.09. The van der Waals surface area contributed by atoms with Gasteiger partial charge in [-0.3, -0.25) is 9.36 Å². The molecule has 2 heterocycles. The topological polar surface area (TPSA) is 75.5 Å². The fourth-order valence-electron chi connectivity index (χ4n) is 4.12. The smallest absolute Gasteiger partial charge is 0.416 e. The highest BCUT2D eigenvalue weighted by atomic mass is 35.5. The largest absolute Gasteiger partial charge is 0.492 e. The summed E-state index contributed by atoms with van der Waals surface area (Å²) in [7, 11) is 0. The zero-order valence-corrected chi connectivity index (χ0v) is 21.4. The van der Waals surface area contributed by atoms with Crippen LogP contribution in [-0.2, 0) is 25.8 Å². The van der Waals surface area contributed by atoms with Gasteiger partial charge in [0, 0.05) is 11.1 Å². The molecule has 0 fully saturated rings. The number of benzene rings is 2. The molecule has 38 heavy (non-hydrogen) atoms. The number of hydrogen-bond donors (Lipinski definition) is 0. The van der Waals surface area contributed by atoms with Gasteiger partial charge in [0.15, 0.2) is 5.82 Å². The molecule has 2 aromatic carbocycles. The molecule has 0 saturated heterocycles. The van der Waals surface area contributed by atoms with Gasteiger partial charge >= 0.3 is 17.5 Å². The molecule has 4 rings (SSSR count). The predicted octanol–water partition coefficient (Wildman–Crippen LogP) is 6.74. The lowest BCUT2D eigenvalue weighted by Gasteiger charge is -2.24. The number of carbonyl (C=O) groups is 1. The van der Waals surface area contributed by atoms with Gasteiger partial charge in [0.05, 0.1) is 35.9 Å². The molecule has 0 bridgehead atoms. The fourth-order valence-corrected chi connectivity index (χ4v) is 4.52. The molecule has 0 aliphatic carbocycles. The van der Waals surface area contributed by atoms with Crippen LogP contribution in [0.2, 0.25) is 5.02 Å². The molecule has 0 amide bonds. The van der Waals surface area contributed by atoms with Crippen molar-refractivity contribution in [3.63, 3.8) is 0 Å². The van der Waals surface area contributed by atoms with E-state index in [-0.39, 0.29) is 46.6 Å². The summed E-state index contributed by atoms with van der Waals surface area (Å²) < 4.78 is 87.5. The number of rotatable bonds is 7. The van der Waals surface area contributed by atoms with E-state index in [1.165, 1.54) is 6.07 Å². The molecule has 0 N–H and O–H groups in total. The minimum absolute atomic E-state index is 0.0179. The monoisotopic (exact) mass is 579 g/mol. The number of carbonyl (C=O) groups excluding carboxylic acids is 1. The number of ether oxygens (including phenoxy) is 3. The van der Waals surface area contributed by atoms with E-state index in [0.717, 1.165) is 22.8 Å². The summed E-state index contributed by atoms with van der Waals surface area (Å²) >= 11 is 11.9. The van der Waals surface area contributed by atoms with Crippen LogP contribution in [0, 0.1) is 0 Å². The fraction of sp³-hybridized carbons (Fsp3) is 0.375. The maximum atomic E-state index is 14.4. The Bertz CT molecular complexity index is 1340. The van der Waals surface area contributed by atoms with E-state index in [9.17, 15) is 26.7 Å². The maximum Gasteiger partial charge on any atom is 0.416 e. The predicted molar refractivity (Wildman–Crippen MR) is 126 cm³/mol. The SMILES string of the molecule is CCOC(=O)C[C@H]1O[C@H](c2cccc(OCC)c2Cl)c2cc(C(F)(F)F)ccc2-n2c1nnc2C(F)(F)Cl. The number of esters is 1. The van der Waals surface area contributed by atoms with Crippen LogP contribution < -0.4 is 4.74 Å². The molecule has 204 valence electrons. The second kappa shape index (κ2) is 10.7. The highest BCUT2D eigenvalue weighted by Crippen LogP contribution is 2.47. The van der Waals surface area contributed by atoms with Gasteiger partial charge in [0.25, 0.3) is 0 Å². The average Bonchev–Trinajstić information content (AvgIpc) is 3.24. The van der Waals surface area contributed by atoms with E-state index in [4.69, 9.17) is 37.4 Å².